The summed E-state index contributed by atoms with van der Waals surface area (Å²) in [6.45, 7) is 1.92. The van der Waals surface area contributed by atoms with Crippen molar-refractivity contribution < 1.29 is 13.2 Å². The molecule has 0 unspecified atom stereocenters. The van der Waals surface area contributed by atoms with Crippen LogP contribution in [0.15, 0.2) is 40.7 Å². The van der Waals surface area contributed by atoms with E-state index in [2.05, 4.69) is 15.3 Å². The molecule has 0 aliphatic heterocycles. The highest BCUT2D eigenvalue weighted by molar-refractivity contribution is 7.89. The van der Waals surface area contributed by atoms with Gasteiger partial charge in [-0.05, 0) is 31.2 Å². The summed E-state index contributed by atoms with van der Waals surface area (Å²) in [5.74, 6) is -0.370. The van der Waals surface area contributed by atoms with Crippen LogP contribution in [0.25, 0.3) is 11.3 Å². The van der Waals surface area contributed by atoms with E-state index in [0.29, 0.717) is 17.1 Å². The molecule has 0 saturated carbocycles. The van der Waals surface area contributed by atoms with Crippen LogP contribution in [-0.4, -0.2) is 56.8 Å². The number of carbonyl (C=O) groups is 1. The first-order valence-corrected chi connectivity index (χ1v) is 11.1. The second-order valence-corrected chi connectivity index (χ2v) is 10.1. The number of nitrogens with zero attached hydrogens (tertiary/aromatic N) is 3. The third-order valence-electron chi connectivity index (χ3n) is 4.32. The topological polar surface area (TPSA) is 98.4 Å². The minimum absolute atomic E-state index is 0.105. The van der Waals surface area contributed by atoms with Crippen LogP contribution in [0.4, 0.5) is 11.4 Å². The van der Waals surface area contributed by atoms with Crippen molar-refractivity contribution in [2.24, 2.45) is 0 Å². The summed E-state index contributed by atoms with van der Waals surface area (Å²) in [5.41, 5.74) is 3.07. The zero-order valence-electron chi connectivity index (χ0n) is 16.8. The van der Waals surface area contributed by atoms with Gasteiger partial charge in [0, 0.05) is 45.3 Å². The van der Waals surface area contributed by atoms with E-state index in [9.17, 15) is 13.2 Å². The number of sulfonamides is 1. The number of hydrogen-bond donors (Lipinski definition) is 2. The molecule has 2 N–H and O–H groups in total. The zero-order valence-corrected chi connectivity index (χ0v) is 18.5. The molecule has 8 nitrogen and oxygen atoms in total. The molecule has 0 aliphatic rings. The van der Waals surface area contributed by atoms with E-state index in [1.807, 2.05) is 26.4 Å². The van der Waals surface area contributed by atoms with Gasteiger partial charge in [0.25, 0.3) is 5.91 Å². The van der Waals surface area contributed by atoms with Gasteiger partial charge < -0.3 is 15.2 Å². The summed E-state index contributed by atoms with van der Waals surface area (Å²) >= 11 is 1.54. The fraction of sp³-hybridized carbons (Fsp3) is 0.263. The number of nitrogens with one attached hydrogen (secondary N) is 2. The fourth-order valence-corrected chi connectivity index (χ4v) is 4.29. The molecule has 0 fully saturated rings. The second-order valence-electron chi connectivity index (χ2n) is 6.87. The third-order valence-corrected chi connectivity index (χ3v) is 6.90. The molecule has 0 spiro atoms. The van der Waals surface area contributed by atoms with Gasteiger partial charge in [0.2, 0.25) is 10.0 Å². The first-order chi connectivity index (χ1) is 13.6. The first kappa shape index (κ1) is 21.0. The van der Waals surface area contributed by atoms with E-state index in [-0.39, 0.29) is 10.8 Å². The lowest BCUT2D eigenvalue weighted by Gasteiger charge is -2.20. The van der Waals surface area contributed by atoms with E-state index < -0.39 is 10.0 Å². The molecule has 3 rings (SSSR count). The molecule has 1 amide bonds. The number of aromatic amines is 1. The highest BCUT2D eigenvalue weighted by atomic mass is 32.2. The van der Waals surface area contributed by atoms with Crippen molar-refractivity contribution in [1.29, 1.82) is 0 Å². The van der Waals surface area contributed by atoms with E-state index in [4.69, 9.17) is 0 Å². The molecule has 1 aromatic carbocycles. The summed E-state index contributed by atoms with van der Waals surface area (Å²) in [7, 11) is 2.95. The Morgan fingerprint density at radius 3 is 2.48 bits per heavy atom. The molecule has 2 heterocycles. The van der Waals surface area contributed by atoms with E-state index in [1.54, 1.807) is 23.2 Å². The number of benzene rings is 1. The largest absolute Gasteiger partial charge is 0.376 e. The lowest BCUT2D eigenvalue weighted by Crippen LogP contribution is -2.23. The van der Waals surface area contributed by atoms with Gasteiger partial charge in [-0.2, -0.15) is 0 Å². The average Bonchev–Trinajstić information content (AvgIpc) is 3.30. The maximum atomic E-state index is 12.8. The molecule has 154 valence electrons. The highest BCUT2D eigenvalue weighted by Crippen LogP contribution is 2.29. The van der Waals surface area contributed by atoms with Crippen LogP contribution < -0.4 is 10.2 Å². The number of aryl methyl sites for hydroxylation is 1. The predicted molar refractivity (Wildman–Crippen MR) is 116 cm³/mol. The maximum Gasteiger partial charge on any atom is 0.272 e. The Balaban J connectivity index is 1.92. The SMILES string of the molecule is Cc1nc(-c2c[nH]c(C(=O)Nc3cc(S(=O)(=O)N(C)C)ccc3N(C)C)c2)cs1. The van der Waals surface area contributed by atoms with Gasteiger partial charge in [-0.25, -0.2) is 17.7 Å². The molecule has 2 aromatic heterocycles. The molecular weight excluding hydrogens is 410 g/mol. The van der Waals surface area contributed by atoms with Gasteiger partial charge in [-0.1, -0.05) is 0 Å². The van der Waals surface area contributed by atoms with Crippen molar-refractivity contribution >= 4 is 38.6 Å². The van der Waals surface area contributed by atoms with Gasteiger partial charge in [0.15, 0.2) is 0 Å². The van der Waals surface area contributed by atoms with Crippen LogP contribution in [0.2, 0.25) is 0 Å². The summed E-state index contributed by atoms with van der Waals surface area (Å²) in [6.07, 6.45) is 1.73. The van der Waals surface area contributed by atoms with Crippen molar-refractivity contribution in [3.8, 4) is 11.3 Å². The number of amides is 1. The van der Waals surface area contributed by atoms with Crippen molar-refractivity contribution in [3.63, 3.8) is 0 Å². The Kier molecular flexibility index (Phi) is 5.78. The number of anilines is 2. The number of aromatic nitrogens is 2. The Bertz CT molecular complexity index is 1150. The van der Waals surface area contributed by atoms with Gasteiger partial charge in [-0.15, -0.1) is 11.3 Å². The van der Waals surface area contributed by atoms with Gasteiger partial charge >= 0.3 is 0 Å². The number of H-pyrrole nitrogens is 1. The lowest BCUT2D eigenvalue weighted by atomic mass is 10.2. The number of rotatable bonds is 6. The highest BCUT2D eigenvalue weighted by Gasteiger charge is 2.21. The lowest BCUT2D eigenvalue weighted by molar-refractivity contribution is 0.102. The number of carbonyl (C=O) groups excluding carboxylic acids is 1. The Morgan fingerprint density at radius 2 is 1.90 bits per heavy atom. The summed E-state index contributed by atoms with van der Waals surface area (Å²) in [4.78, 5) is 22.1. The summed E-state index contributed by atoms with van der Waals surface area (Å²) < 4.78 is 26.1. The van der Waals surface area contributed by atoms with Crippen molar-refractivity contribution in [2.45, 2.75) is 11.8 Å². The predicted octanol–water partition coefficient (Wildman–Crippen LogP) is 3.02. The molecule has 0 aliphatic carbocycles. The zero-order chi connectivity index (χ0) is 21.3. The molecule has 29 heavy (non-hydrogen) atoms. The molecule has 0 radical (unpaired) electrons. The Morgan fingerprint density at radius 1 is 1.17 bits per heavy atom. The number of thiazole rings is 1. The molecule has 10 heteroatoms. The van der Waals surface area contributed by atoms with E-state index in [0.717, 1.165) is 20.6 Å². The quantitative estimate of drug-likeness (QED) is 0.623. The second kappa shape index (κ2) is 7.97. The minimum Gasteiger partial charge on any atom is -0.376 e. The van der Waals surface area contributed by atoms with E-state index >= 15 is 0 Å². The van der Waals surface area contributed by atoms with Gasteiger partial charge in [-0.3, -0.25) is 4.79 Å². The summed E-state index contributed by atoms with van der Waals surface area (Å²) in [5, 5.41) is 5.69. The Labute approximate surface area is 174 Å². The molecule has 0 atom stereocenters. The molecular formula is C19H23N5O3S2. The van der Waals surface area contributed by atoms with Gasteiger partial charge in [0.05, 0.1) is 27.0 Å². The van der Waals surface area contributed by atoms with Crippen molar-refractivity contribution in [1.82, 2.24) is 14.3 Å². The van der Waals surface area contributed by atoms with Crippen LogP contribution in [0, 0.1) is 6.92 Å². The smallest absolute Gasteiger partial charge is 0.272 e. The normalized spacial score (nSPS) is 11.7. The van der Waals surface area contributed by atoms with Crippen molar-refractivity contribution in [2.75, 3.05) is 38.4 Å². The first-order valence-electron chi connectivity index (χ1n) is 8.76. The minimum atomic E-state index is -3.62. The maximum absolute atomic E-state index is 12.8. The van der Waals surface area contributed by atoms with Crippen LogP contribution >= 0.6 is 11.3 Å². The third kappa shape index (κ3) is 4.34. The van der Waals surface area contributed by atoms with Crippen LogP contribution in [-0.2, 0) is 10.0 Å². The van der Waals surface area contributed by atoms with Gasteiger partial charge in [0.1, 0.15) is 5.69 Å². The molecule has 0 saturated heterocycles. The number of hydrogen-bond acceptors (Lipinski definition) is 6. The standard InChI is InChI=1S/C19H23N5O3S2/c1-12-21-17(11-28-12)13-8-16(20-10-13)19(25)22-15-9-14(29(26,27)24(4)5)6-7-18(15)23(2)3/h6-11,20H,1-5H3,(H,22,25). The summed E-state index contributed by atoms with van der Waals surface area (Å²) in [6, 6.07) is 6.39. The van der Waals surface area contributed by atoms with Crippen molar-refractivity contribution in [3.05, 3.63) is 46.5 Å². The molecule has 3 aromatic rings. The van der Waals surface area contributed by atoms with Crippen LogP contribution in [0.5, 0.6) is 0 Å². The Hall–Kier alpha value is -2.69. The van der Waals surface area contributed by atoms with Crippen LogP contribution in [0.3, 0.4) is 0 Å². The molecule has 0 bridgehead atoms. The van der Waals surface area contributed by atoms with E-state index in [1.165, 1.54) is 37.6 Å². The average molecular weight is 434 g/mol. The monoisotopic (exact) mass is 433 g/mol. The fourth-order valence-electron chi connectivity index (χ4n) is 2.74. The van der Waals surface area contributed by atoms with Crippen LogP contribution in [0.1, 0.15) is 15.5 Å².